The molecule has 0 bridgehead atoms. The van der Waals surface area contributed by atoms with E-state index in [9.17, 15) is 23.1 Å². The Morgan fingerprint density at radius 3 is 2.29 bits per heavy atom. The zero-order valence-electron chi connectivity index (χ0n) is 13.9. The third-order valence-corrected chi connectivity index (χ3v) is 3.25. The van der Waals surface area contributed by atoms with Gasteiger partial charge < -0.3 is 17.0 Å². The molecule has 3 N–H and O–H groups in total. The molecule has 4 nitrogen and oxygen atoms in total. The molecule has 0 fully saturated rings. The van der Waals surface area contributed by atoms with Gasteiger partial charge in [-0.2, -0.15) is 13.2 Å². The van der Waals surface area contributed by atoms with Gasteiger partial charge in [-0.1, -0.05) is 12.1 Å². The van der Waals surface area contributed by atoms with E-state index in [4.69, 9.17) is 5.11 Å². The zero-order chi connectivity index (χ0) is 17.0. The minimum atomic E-state index is -4.35. The molecule has 0 amide bonds. The van der Waals surface area contributed by atoms with Crippen molar-refractivity contribution in [2.75, 3.05) is 11.9 Å². The van der Waals surface area contributed by atoms with Crippen molar-refractivity contribution in [3.05, 3.63) is 59.2 Å². The zero-order valence-corrected chi connectivity index (χ0v) is 16.0. The van der Waals surface area contributed by atoms with Crippen molar-refractivity contribution in [2.45, 2.75) is 12.6 Å². The molecule has 8 heteroatoms. The average molecular weight is 365 g/mol. The summed E-state index contributed by atoms with van der Waals surface area (Å²) in [4.78, 5) is 10.9. The number of anilines is 1. The first-order valence-electron chi connectivity index (χ1n) is 6.73. The van der Waals surface area contributed by atoms with Crippen molar-refractivity contribution < 1.29 is 81.0 Å². The van der Waals surface area contributed by atoms with E-state index in [1.807, 2.05) is 0 Å². The predicted molar refractivity (Wildman–Crippen MR) is 79.8 cm³/mol. The minimum Gasteiger partial charge on any atom is -1.00 e. The summed E-state index contributed by atoms with van der Waals surface area (Å²) in [5.41, 5.74) is 0.318. The Hall–Kier alpha value is -1.06. The van der Waals surface area contributed by atoms with E-state index in [2.05, 4.69) is 5.32 Å². The van der Waals surface area contributed by atoms with E-state index in [-0.39, 0.29) is 64.1 Å². The average Bonchev–Trinajstić information content (AvgIpc) is 2.48. The predicted octanol–water partition coefficient (Wildman–Crippen LogP) is 0.880. The molecule has 0 saturated heterocycles. The van der Waals surface area contributed by atoms with Gasteiger partial charge in [-0.15, -0.1) is 0 Å². The van der Waals surface area contributed by atoms with E-state index in [1.54, 1.807) is 0 Å². The van der Waals surface area contributed by atoms with Crippen molar-refractivity contribution in [3.63, 3.8) is 0 Å². The summed E-state index contributed by atoms with van der Waals surface area (Å²) in [6.07, 6.45) is -3.88. The Kier molecular flexibility index (Phi) is 7.75. The number of hydrogen-bond donors (Lipinski definition) is 3. The molecule has 0 atom stereocenters. The number of carboxylic acid groups (broad SMARTS) is 1. The molecule has 2 aromatic rings. The maximum Gasteiger partial charge on any atom is 1.00 e. The van der Waals surface area contributed by atoms with Crippen molar-refractivity contribution in [1.29, 1.82) is 0 Å². The normalized spacial score (nSPS) is 10.8. The van der Waals surface area contributed by atoms with Crippen LogP contribution < -0.4 is 56.7 Å². The summed E-state index contributed by atoms with van der Waals surface area (Å²) >= 11 is 0. The van der Waals surface area contributed by atoms with Crippen LogP contribution in [0.2, 0.25) is 0 Å². The third-order valence-electron chi connectivity index (χ3n) is 3.25. The fourth-order valence-electron chi connectivity index (χ4n) is 2.03. The molecular weight excluding hydrogens is 350 g/mol. The van der Waals surface area contributed by atoms with Crippen molar-refractivity contribution in [1.82, 2.24) is 0 Å². The fraction of sp³-hybridized carbons (Fsp3) is 0.188. The number of carbonyl (C=O) groups is 1. The van der Waals surface area contributed by atoms with Crippen LogP contribution in [0.4, 0.5) is 18.9 Å². The van der Waals surface area contributed by atoms with Crippen LogP contribution in [0.5, 0.6) is 5.75 Å². The molecule has 0 heterocycles. The Balaban J connectivity index is 0.00000288. The second-order valence-electron chi connectivity index (χ2n) is 4.91. The monoisotopic (exact) mass is 365 g/mol. The number of aromatic carboxylic acids is 1. The molecule has 0 saturated carbocycles. The Labute approximate surface area is 180 Å². The summed E-state index contributed by atoms with van der Waals surface area (Å²) in [5, 5.41) is 21.3. The largest absolute Gasteiger partial charge is 1.00 e. The van der Waals surface area contributed by atoms with Crippen LogP contribution in [0.3, 0.4) is 0 Å². The number of nitrogens with one attached hydrogen (secondary N) is 1. The molecule has 2 aromatic carbocycles. The van der Waals surface area contributed by atoms with Crippen LogP contribution in [0.25, 0.3) is 0 Å². The smallest absolute Gasteiger partial charge is 1.00 e. The van der Waals surface area contributed by atoms with E-state index in [1.165, 1.54) is 30.3 Å². The Bertz CT molecular complexity index is 709. The minimum absolute atomic E-state index is 0. The number of alkyl halides is 3. The van der Waals surface area contributed by atoms with Crippen LogP contribution in [0.1, 0.15) is 22.9 Å². The summed E-state index contributed by atoms with van der Waals surface area (Å²) < 4.78 is 37.3. The van der Waals surface area contributed by atoms with Gasteiger partial charge in [0.15, 0.2) is 0 Å². The van der Waals surface area contributed by atoms with Gasteiger partial charge in [-0.3, -0.25) is 0 Å². The molecular formula is C16H15F3KNO3. The van der Waals surface area contributed by atoms with Gasteiger partial charge in [0.1, 0.15) is 11.3 Å². The number of rotatable bonds is 5. The SMILES string of the molecule is O=C(O)c1cc(NCCc2ccc(C(F)(F)F)cc2)ccc1O.[H-].[K+]. The standard InChI is InChI=1S/C16H14F3NO3.K.H/c17-16(18,19)11-3-1-10(2-4-11)7-8-20-12-5-6-14(21)13(9-12)15(22)23;;/h1-6,9,20-21H,7-8H2,(H,22,23);;/q;+1;-1. The van der Waals surface area contributed by atoms with Gasteiger partial charge >= 0.3 is 63.5 Å². The number of hydrogen-bond acceptors (Lipinski definition) is 3. The molecule has 0 aliphatic carbocycles. The van der Waals surface area contributed by atoms with E-state index in [0.717, 1.165) is 17.7 Å². The quantitative estimate of drug-likeness (QED) is 0.544. The van der Waals surface area contributed by atoms with Crippen molar-refractivity contribution >= 4 is 11.7 Å². The van der Waals surface area contributed by atoms with Crippen molar-refractivity contribution in [2.24, 2.45) is 0 Å². The summed E-state index contributed by atoms with van der Waals surface area (Å²) in [6, 6.07) is 8.95. The number of halogens is 3. The molecule has 0 unspecified atom stereocenters. The molecule has 0 aliphatic rings. The van der Waals surface area contributed by atoms with Gasteiger partial charge in [-0.05, 0) is 42.3 Å². The molecule has 0 radical (unpaired) electrons. The van der Waals surface area contributed by atoms with Gasteiger partial charge in [0.25, 0.3) is 0 Å². The van der Waals surface area contributed by atoms with Gasteiger partial charge in [0, 0.05) is 12.2 Å². The van der Waals surface area contributed by atoms with Crippen LogP contribution >= 0.6 is 0 Å². The first kappa shape index (κ1) is 21.0. The molecule has 0 spiro atoms. The van der Waals surface area contributed by atoms with Gasteiger partial charge in [0.2, 0.25) is 0 Å². The van der Waals surface area contributed by atoms with Crippen LogP contribution in [0.15, 0.2) is 42.5 Å². The van der Waals surface area contributed by atoms with Gasteiger partial charge in [-0.25, -0.2) is 4.79 Å². The van der Waals surface area contributed by atoms with E-state index < -0.39 is 17.7 Å². The second-order valence-corrected chi connectivity index (χ2v) is 4.91. The molecule has 24 heavy (non-hydrogen) atoms. The van der Waals surface area contributed by atoms with Crippen LogP contribution in [-0.4, -0.2) is 22.7 Å². The molecule has 0 aromatic heterocycles. The van der Waals surface area contributed by atoms with Gasteiger partial charge in [0.05, 0.1) is 5.56 Å². The maximum atomic E-state index is 12.4. The van der Waals surface area contributed by atoms with E-state index >= 15 is 0 Å². The summed E-state index contributed by atoms with van der Waals surface area (Å²) in [5.74, 6) is -1.57. The van der Waals surface area contributed by atoms with Crippen LogP contribution in [0, 0.1) is 0 Å². The molecule has 2 rings (SSSR count). The molecule has 124 valence electrons. The van der Waals surface area contributed by atoms with E-state index in [0.29, 0.717) is 18.7 Å². The fourth-order valence-corrected chi connectivity index (χ4v) is 2.03. The Morgan fingerprint density at radius 2 is 1.75 bits per heavy atom. The number of carboxylic acids is 1. The second kappa shape index (κ2) is 8.86. The topological polar surface area (TPSA) is 69.6 Å². The first-order chi connectivity index (χ1) is 10.8. The van der Waals surface area contributed by atoms with Crippen LogP contribution in [-0.2, 0) is 12.6 Å². The third kappa shape index (κ3) is 5.78. The Morgan fingerprint density at radius 1 is 1.12 bits per heavy atom. The molecule has 0 aliphatic heterocycles. The van der Waals surface area contributed by atoms with Crippen molar-refractivity contribution in [3.8, 4) is 5.75 Å². The summed E-state index contributed by atoms with van der Waals surface area (Å²) in [6.45, 7) is 0.412. The first-order valence-corrected chi connectivity index (χ1v) is 6.73. The number of aromatic hydroxyl groups is 1. The summed E-state index contributed by atoms with van der Waals surface area (Å²) in [7, 11) is 0. The maximum absolute atomic E-state index is 12.4. The number of phenols is 1. The number of benzene rings is 2.